The molecule has 0 atom stereocenters. The standard InChI is InChI=1S/C18H19N3O7/c1-2-20(8-12-3-4-13-14(7-12)28-11-27-13)16(23)10-26-17(24)9-21-6-5-15(22)19-18(21)25/h3-7H,2,8-11H2,1H3,(H,19,22,25). The molecular weight excluding hydrogens is 370 g/mol. The van der Waals surface area contributed by atoms with Crippen LogP contribution < -0.4 is 20.7 Å². The van der Waals surface area contributed by atoms with Crippen molar-refractivity contribution in [3.63, 3.8) is 0 Å². The van der Waals surface area contributed by atoms with Gasteiger partial charge in [0.25, 0.3) is 11.5 Å². The first-order chi connectivity index (χ1) is 13.5. The summed E-state index contributed by atoms with van der Waals surface area (Å²) in [7, 11) is 0. The number of ether oxygens (including phenoxy) is 3. The molecule has 1 aliphatic rings. The molecule has 3 rings (SSSR count). The molecule has 0 radical (unpaired) electrons. The van der Waals surface area contributed by atoms with Crippen molar-refractivity contribution < 1.29 is 23.8 Å². The summed E-state index contributed by atoms with van der Waals surface area (Å²) in [5.41, 5.74) is -0.439. The fraction of sp³-hybridized carbons (Fsp3) is 0.333. The highest BCUT2D eigenvalue weighted by Gasteiger charge is 2.18. The summed E-state index contributed by atoms with van der Waals surface area (Å²) in [5, 5.41) is 0. The fourth-order valence-corrected chi connectivity index (χ4v) is 2.62. The highest BCUT2D eigenvalue weighted by atomic mass is 16.7. The lowest BCUT2D eigenvalue weighted by atomic mass is 10.2. The number of hydrogen-bond donors (Lipinski definition) is 1. The topological polar surface area (TPSA) is 120 Å². The van der Waals surface area contributed by atoms with Crippen LogP contribution >= 0.6 is 0 Å². The molecule has 28 heavy (non-hydrogen) atoms. The number of rotatable bonds is 7. The second-order valence-corrected chi connectivity index (χ2v) is 5.99. The average Bonchev–Trinajstić information content (AvgIpc) is 3.14. The van der Waals surface area contributed by atoms with E-state index in [9.17, 15) is 19.2 Å². The van der Waals surface area contributed by atoms with Crippen molar-refractivity contribution in [1.29, 1.82) is 0 Å². The molecule has 1 aromatic heterocycles. The van der Waals surface area contributed by atoms with Crippen molar-refractivity contribution in [3.8, 4) is 11.5 Å². The van der Waals surface area contributed by atoms with E-state index in [0.717, 1.165) is 16.2 Å². The molecule has 1 aliphatic heterocycles. The predicted octanol–water partition coefficient (Wildman–Crippen LogP) is -0.143. The van der Waals surface area contributed by atoms with Crippen LogP contribution in [0.4, 0.5) is 0 Å². The Kier molecular flexibility index (Phi) is 5.78. The van der Waals surface area contributed by atoms with Crippen molar-refractivity contribution >= 4 is 11.9 Å². The lowest BCUT2D eigenvalue weighted by molar-refractivity contribution is -0.152. The molecule has 10 heteroatoms. The number of amides is 1. The maximum absolute atomic E-state index is 12.4. The Morgan fingerprint density at radius 2 is 2.00 bits per heavy atom. The first kappa shape index (κ1) is 19.2. The Balaban J connectivity index is 1.54. The van der Waals surface area contributed by atoms with Gasteiger partial charge >= 0.3 is 11.7 Å². The molecule has 10 nitrogen and oxygen atoms in total. The number of carbonyl (C=O) groups is 2. The summed E-state index contributed by atoms with van der Waals surface area (Å²) < 4.78 is 16.5. The Morgan fingerprint density at radius 1 is 1.21 bits per heavy atom. The molecule has 2 heterocycles. The van der Waals surface area contributed by atoms with Gasteiger partial charge < -0.3 is 19.1 Å². The zero-order valence-corrected chi connectivity index (χ0v) is 15.2. The molecule has 1 amide bonds. The second-order valence-electron chi connectivity index (χ2n) is 5.99. The average molecular weight is 389 g/mol. The van der Waals surface area contributed by atoms with Crippen LogP contribution in [0.15, 0.2) is 40.1 Å². The van der Waals surface area contributed by atoms with Gasteiger partial charge in [-0.3, -0.25) is 23.9 Å². The van der Waals surface area contributed by atoms with E-state index in [-0.39, 0.29) is 12.7 Å². The number of hydrogen-bond acceptors (Lipinski definition) is 7. The van der Waals surface area contributed by atoms with Crippen LogP contribution in [-0.4, -0.2) is 46.3 Å². The third kappa shape index (κ3) is 4.58. The number of aromatic amines is 1. The molecule has 1 aromatic carbocycles. The van der Waals surface area contributed by atoms with Crippen molar-refractivity contribution in [2.75, 3.05) is 19.9 Å². The maximum Gasteiger partial charge on any atom is 0.328 e. The summed E-state index contributed by atoms with van der Waals surface area (Å²) in [4.78, 5) is 50.4. The van der Waals surface area contributed by atoms with Crippen LogP contribution in [0.25, 0.3) is 0 Å². The van der Waals surface area contributed by atoms with Gasteiger partial charge in [0.2, 0.25) is 6.79 Å². The zero-order chi connectivity index (χ0) is 20.1. The first-order valence-electron chi connectivity index (χ1n) is 8.58. The van der Waals surface area contributed by atoms with Crippen LogP contribution in [0.3, 0.4) is 0 Å². The van der Waals surface area contributed by atoms with E-state index in [4.69, 9.17) is 14.2 Å². The number of nitrogens with zero attached hydrogens (tertiary/aromatic N) is 2. The fourth-order valence-electron chi connectivity index (χ4n) is 2.62. The van der Waals surface area contributed by atoms with Crippen LogP contribution in [0, 0.1) is 0 Å². The number of esters is 1. The van der Waals surface area contributed by atoms with Crippen molar-refractivity contribution in [2.45, 2.75) is 20.0 Å². The van der Waals surface area contributed by atoms with Gasteiger partial charge in [-0.1, -0.05) is 6.07 Å². The Morgan fingerprint density at radius 3 is 2.75 bits per heavy atom. The largest absolute Gasteiger partial charge is 0.454 e. The molecule has 0 bridgehead atoms. The molecule has 0 saturated heterocycles. The van der Waals surface area contributed by atoms with E-state index in [1.54, 1.807) is 12.1 Å². The lowest BCUT2D eigenvalue weighted by Gasteiger charge is -2.21. The van der Waals surface area contributed by atoms with Crippen LogP contribution in [0.1, 0.15) is 12.5 Å². The third-order valence-electron chi connectivity index (χ3n) is 4.10. The van der Waals surface area contributed by atoms with Crippen molar-refractivity contribution in [1.82, 2.24) is 14.5 Å². The number of benzene rings is 1. The smallest absolute Gasteiger partial charge is 0.328 e. The molecule has 2 aromatic rings. The van der Waals surface area contributed by atoms with Crippen LogP contribution in [0.5, 0.6) is 11.5 Å². The molecule has 0 aliphatic carbocycles. The molecule has 148 valence electrons. The zero-order valence-electron chi connectivity index (χ0n) is 15.2. The monoisotopic (exact) mass is 389 g/mol. The molecule has 0 spiro atoms. The summed E-state index contributed by atoms with van der Waals surface area (Å²) in [6.45, 7) is 1.87. The van der Waals surface area contributed by atoms with E-state index in [1.807, 2.05) is 18.0 Å². The van der Waals surface area contributed by atoms with Gasteiger partial charge in [-0.05, 0) is 24.6 Å². The van der Waals surface area contributed by atoms with Gasteiger partial charge in [0, 0.05) is 25.4 Å². The van der Waals surface area contributed by atoms with Gasteiger partial charge in [-0.15, -0.1) is 0 Å². The van der Waals surface area contributed by atoms with Crippen LogP contribution in [0.2, 0.25) is 0 Å². The summed E-state index contributed by atoms with van der Waals surface area (Å²) in [6.07, 6.45) is 1.18. The van der Waals surface area contributed by atoms with E-state index < -0.39 is 30.4 Å². The SMILES string of the molecule is CCN(Cc1ccc2c(c1)OCO2)C(=O)COC(=O)Cn1ccc(=O)[nH]c1=O. The Hall–Kier alpha value is -3.56. The predicted molar refractivity (Wildman–Crippen MR) is 95.9 cm³/mol. The van der Waals surface area contributed by atoms with Gasteiger partial charge in [0.05, 0.1) is 0 Å². The maximum atomic E-state index is 12.4. The van der Waals surface area contributed by atoms with Crippen molar-refractivity contribution in [3.05, 3.63) is 56.9 Å². The van der Waals surface area contributed by atoms with Gasteiger partial charge in [-0.25, -0.2) is 4.79 Å². The Labute approximate surface area is 159 Å². The summed E-state index contributed by atoms with van der Waals surface area (Å²) in [6, 6.07) is 6.52. The highest BCUT2D eigenvalue weighted by Crippen LogP contribution is 2.32. The molecular formula is C18H19N3O7. The number of H-pyrrole nitrogens is 1. The first-order valence-corrected chi connectivity index (χ1v) is 8.58. The molecule has 0 unspecified atom stereocenters. The van der Waals surface area contributed by atoms with Gasteiger partial charge in [0.15, 0.2) is 18.1 Å². The van der Waals surface area contributed by atoms with Gasteiger partial charge in [0.1, 0.15) is 6.54 Å². The Bertz CT molecular complexity index is 995. The second kappa shape index (κ2) is 8.42. The van der Waals surface area contributed by atoms with E-state index >= 15 is 0 Å². The quantitative estimate of drug-likeness (QED) is 0.654. The summed E-state index contributed by atoms with van der Waals surface area (Å²) in [5.74, 6) is 0.146. The van der Waals surface area contributed by atoms with Crippen molar-refractivity contribution in [2.24, 2.45) is 0 Å². The number of nitrogens with one attached hydrogen (secondary N) is 1. The number of likely N-dealkylation sites (N-methyl/N-ethyl adjacent to an activating group) is 1. The third-order valence-corrected chi connectivity index (χ3v) is 4.10. The number of carbonyl (C=O) groups excluding carboxylic acids is 2. The number of fused-ring (bicyclic) bond motifs is 1. The van der Waals surface area contributed by atoms with E-state index in [0.29, 0.717) is 24.6 Å². The number of aromatic nitrogens is 2. The minimum absolute atomic E-state index is 0.170. The van der Waals surface area contributed by atoms with Gasteiger partial charge in [-0.2, -0.15) is 0 Å². The van der Waals surface area contributed by atoms with E-state index in [1.165, 1.54) is 11.1 Å². The minimum Gasteiger partial charge on any atom is -0.454 e. The normalized spacial score (nSPS) is 11.9. The highest BCUT2D eigenvalue weighted by molar-refractivity contribution is 5.80. The van der Waals surface area contributed by atoms with Crippen LogP contribution in [-0.2, 0) is 27.4 Å². The summed E-state index contributed by atoms with van der Waals surface area (Å²) >= 11 is 0. The molecule has 1 N–H and O–H groups in total. The van der Waals surface area contributed by atoms with E-state index in [2.05, 4.69) is 0 Å². The molecule has 0 saturated carbocycles. The molecule has 0 fully saturated rings. The lowest BCUT2D eigenvalue weighted by Crippen LogP contribution is -2.35. The minimum atomic E-state index is -0.762.